The first-order valence-electron chi connectivity index (χ1n) is 6.06. The monoisotopic (exact) mass is 239 g/mol. The van der Waals surface area contributed by atoms with E-state index in [0.717, 1.165) is 12.1 Å². The Morgan fingerprint density at radius 1 is 1.41 bits per heavy atom. The molecule has 1 unspecified atom stereocenters. The molecule has 96 valence electrons. The number of hydrogen-bond donors (Lipinski definition) is 2. The summed E-state index contributed by atoms with van der Waals surface area (Å²) in [6, 6.07) is 1.80. The molecule has 0 aromatic carbocycles. The zero-order valence-electron chi connectivity index (χ0n) is 10.7. The summed E-state index contributed by atoms with van der Waals surface area (Å²) >= 11 is 0. The van der Waals surface area contributed by atoms with Gasteiger partial charge in [-0.25, -0.2) is 4.98 Å². The minimum atomic E-state index is -0.376. The predicted octanol–water partition coefficient (Wildman–Crippen LogP) is 1.76. The summed E-state index contributed by atoms with van der Waals surface area (Å²) in [7, 11) is 0. The van der Waals surface area contributed by atoms with Crippen LogP contribution in [0.1, 0.15) is 32.4 Å². The van der Waals surface area contributed by atoms with Crippen molar-refractivity contribution in [2.24, 2.45) is 0 Å². The molecule has 1 rings (SSSR count). The molecule has 0 bridgehead atoms. The van der Waals surface area contributed by atoms with Crippen molar-refractivity contribution in [3.8, 4) is 5.88 Å². The van der Waals surface area contributed by atoms with E-state index in [1.54, 1.807) is 6.07 Å². The number of hydrogen-bond acceptors (Lipinski definition) is 5. The van der Waals surface area contributed by atoms with Crippen LogP contribution in [0.15, 0.2) is 6.07 Å². The van der Waals surface area contributed by atoms with E-state index in [-0.39, 0.29) is 6.10 Å². The second kappa shape index (κ2) is 7.06. The Hall–Kier alpha value is -1.36. The van der Waals surface area contributed by atoms with Gasteiger partial charge in [0.2, 0.25) is 11.8 Å². The van der Waals surface area contributed by atoms with Gasteiger partial charge in [-0.2, -0.15) is 4.98 Å². The highest BCUT2D eigenvalue weighted by atomic mass is 16.5. The maximum Gasteiger partial charge on any atom is 0.226 e. The molecule has 0 aliphatic heterocycles. The van der Waals surface area contributed by atoms with E-state index in [1.807, 2.05) is 20.8 Å². The Morgan fingerprint density at radius 2 is 2.18 bits per heavy atom. The van der Waals surface area contributed by atoms with E-state index in [0.29, 0.717) is 31.4 Å². The number of ether oxygens (including phenoxy) is 1. The minimum absolute atomic E-state index is 0.376. The van der Waals surface area contributed by atoms with Gasteiger partial charge in [0.05, 0.1) is 12.7 Å². The van der Waals surface area contributed by atoms with E-state index in [4.69, 9.17) is 4.74 Å². The third kappa shape index (κ3) is 4.99. The van der Waals surface area contributed by atoms with Gasteiger partial charge in [-0.15, -0.1) is 0 Å². The van der Waals surface area contributed by atoms with Gasteiger partial charge in [0.25, 0.3) is 0 Å². The van der Waals surface area contributed by atoms with Crippen molar-refractivity contribution in [3.05, 3.63) is 11.8 Å². The zero-order chi connectivity index (χ0) is 12.7. The molecule has 1 atom stereocenters. The van der Waals surface area contributed by atoms with Gasteiger partial charge in [0, 0.05) is 18.3 Å². The Kier molecular flexibility index (Phi) is 5.69. The molecule has 0 amide bonds. The largest absolute Gasteiger partial charge is 0.478 e. The van der Waals surface area contributed by atoms with Crippen LogP contribution in [0.25, 0.3) is 0 Å². The summed E-state index contributed by atoms with van der Waals surface area (Å²) in [6.45, 7) is 6.96. The van der Waals surface area contributed by atoms with Crippen LogP contribution < -0.4 is 10.1 Å². The molecule has 17 heavy (non-hydrogen) atoms. The number of nitrogens with one attached hydrogen (secondary N) is 1. The molecule has 5 nitrogen and oxygen atoms in total. The highest BCUT2D eigenvalue weighted by Crippen LogP contribution is 2.12. The van der Waals surface area contributed by atoms with Gasteiger partial charge in [0.1, 0.15) is 0 Å². The maximum atomic E-state index is 9.45. The second-order valence-corrected chi connectivity index (χ2v) is 3.96. The molecule has 0 aliphatic carbocycles. The van der Waals surface area contributed by atoms with E-state index in [9.17, 15) is 5.11 Å². The van der Waals surface area contributed by atoms with Crippen LogP contribution >= 0.6 is 0 Å². The molecule has 5 heteroatoms. The van der Waals surface area contributed by atoms with Gasteiger partial charge in [-0.05, 0) is 19.8 Å². The number of anilines is 1. The molecule has 0 saturated carbocycles. The van der Waals surface area contributed by atoms with Crippen molar-refractivity contribution in [2.75, 3.05) is 18.5 Å². The quantitative estimate of drug-likeness (QED) is 0.759. The summed E-state index contributed by atoms with van der Waals surface area (Å²) < 4.78 is 5.46. The molecule has 0 spiro atoms. The predicted molar refractivity (Wildman–Crippen MR) is 67.3 cm³/mol. The fourth-order valence-corrected chi connectivity index (χ4v) is 1.25. The smallest absolute Gasteiger partial charge is 0.226 e. The average molecular weight is 239 g/mol. The normalized spacial score (nSPS) is 12.2. The number of aryl methyl sites for hydroxylation is 1. The minimum Gasteiger partial charge on any atom is -0.478 e. The van der Waals surface area contributed by atoms with Crippen LogP contribution in [-0.4, -0.2) is 34.3 Å². The molecule has 0 radical (unpaired) electrons. The Labute approximate surface area is 102 Å². The molecular weight excluding hydrogens is 218 g/mol. The van der Waals surface area contributed by atoms with Crippen molar-refractivity contribution in [1.29, 1.82) is 0 Å². The van der Waals surface area contributed by atoms with Crippen molar-refractivity contribution in [1.82, 2.24) is 9.97 Å². The lowest BCUT2D eigenvalue weighted by atomic mass is 10.3. The first-order valence-corrected chi connectivity index (χ1v) is 6.06. The molecule has 0 fully saturated rings. The standard InChI is InChI=1S/C12H21N3O2/c1-4-6-17-11-7-9(3)14-12(15-11)13-8-10(16)5-2/h7,10,16H,4-6,8H2,1-3H3,(H,13,14,15). The lowest BCUT2D eigenvalue weighted by molar-refractivity contribution is 0.183. The molecular formula is C12H21N3O2. The van der Waals surface area contributed by atoms with Crippen LogP contribution in [0.4, 0.5) is 5.95 Å². The molecule has 2 N–H and O–H groups in total. The maximum absolute atomic E-state index is 9.45. The third-order valence-electron chi connectivity index (χ3n) is 2.25. The van der Waals surface area contributed by atoms with Gasteiger partial charge in [0.15, 0.2) is 0 Å². The van der Waals surface area contributed by atoms with Crippen molar-refractivity contribution in [3.63, 3.8) is 0 Å². The van der Waals surface area contributed by atoms with Gasteiger partial charge >= 0.3 is 0 Å². The van der Waals surface area contributed by atoms with Crippen molar-refractivity contribution < 1.29 is 9.84 Å². The lowest BCUT2D eigenvalue weighted by Gasteiger charge is -2.11. The van der Waals surface area contributed by atoms with E-state index < -0.39 is 0 Å². The average Bonchev–Trinajstić information content (AvgIpc) is 2.32. The first kappa shape index (κ1) is 13.7. The van der Waals surface area contributed by atoms with Crippen molar-refractivity contribution >= 4 is 5.95 Å². The van der Waals surface area contributed by atoms with Gasteiger partial charge in [-0.3, -0.25) is 0 Å². The fourth-order valence-electron chi connectivity index (χ4n) is 1.25. The molecule has 1 aromatic rings. The van der Waals surface area contributed by atoms with Gasteiger partial charge < -0.3 is 15.2 Å². The van der Waals surface area contributed by atoms with Crippen LogP contribution in [0.3, 0.4) is 0 Å². The summed E-state index contributed by atoms with van der Waals surface area (Å²) in [5.41, 5.74) is 0.847. The molecule has 0 saturated heterocycles. The Bertz CT molecular complexity index is 345. The Morgan fingerprint density at radius 3 is 2.82 bits per heavy atom. The topological polar surface area (TPSA) is 67.3 Å². The van der Waals surface area contributed by atoms with Crippen LogP contribution in [0.5, 0.6) is 5.88 Å². The third-order valence-corrected chi connectivity index (χ3v) is 2.25. The highest BCUT2D eigenvalue weighted by molar-refractivity contribution is 5.30. The number of aliphatic hydroxyl groups is 1. The zero-order valence-corrected chi connectivity index (χ0v) is 10.7. The van der Waals surface area contributed by atoms with Crippen molar-refractivity contribution in [2.45, 2.75) is 39.7 Å². The lowest BCUT2D eigenvalue weighted by Crippen LogP contribution is -2.19. The molecule has 0 aliphatic rings. The molecule has 1 aromatic heterocycles. The van der Waals surface area contributed by atoms with Crippen LogP contribution in [0, 0.1) is 6.92 Å². The summed E-state index contributed by atoms with van der Waals surface area (Å²) in [5, 5.41) is 12.5. The second-order valence-electron chi connectivity index (χ2n) is 3.96. The number of aliphatic hydroxyl groups excluding tert-OH is 1. The number of aromatic nitrogens is 2. The molecule has 1 heterocycles. The highest BCUT2D eigenvalue weighted by Gasteiger charge is 2.05. The van der Waals surface area contributed by atoms with E-state index >= 15 is 0 Å². The van der Waals surface area contributed by atoms with E-state index in [1.165, 1.54) is 0 Å². The fraction of sp³-hybridized carbons (Fsp3) is 0.667. The van der Waals surface area contributed by atoms with Gasteiger partial charge in [-0.1, -0.05) is 13.8 Å². The van der Waals surface area contributed by atoms with Crippen LogP contribution in [-0.2, 0) is 0 Å². The van der Waals surface area contributed by atoms with Crippen LogP contribution in [0.2, 0.25) is 0 Å². The SMILES string of the molecule is CCCOc1cc(C)nc(NCC(O)CC)n1. The Balaban J connectivity index is 2.61. The summed E-state index contributed by atoms with van der Waals surface area (Å²) in [4.78, 5) is 8.46. The first-order chi connectivity index (χ1) is 8.15. The van der Waals surface area contributed by atoms with E-state index in [2.05, 4.69) is 15.3 Å². The number of rotatable bonds is 7. The number of nitrogens with zero attached hydrogens (tertiary/aromatic N) is 2. The summed E-state index contributed by atoms with van der Waals surface area (Å²) in [6.07, 6.45) is 1.28. The summed E-state index contributed by atoms with van der Waals surface area (Å²) in [5.74, 6) is 1.08.